The molecule has 3 unspecified atom stereocenters. The summed E-state index contributed by atoms with van der Waals surface area (Å²) in [5.41, 5.74) is 9.07. The first-order chi connectivity index (χ1) is 10.1. The van der Waals surface area contributed by atoms with E-state index in [9.17, 15) is 0 Å². The second-order valence-corrected chi connectivity index (χ2v) is 6.42. The molecule has 2 N–H and O–H groups in total. The second-order valence-electron chi connectivity index (χ2n) is 6.42. The van der Waals surface area contributed by atoms with Gasteiger partial charge in [0.05, 0.1) is 6.61 Å². The van der Waals surface area contributed by atoms with Crippen molar-refractivity contribution in [2.24, 2.45) is 5.73 Å². The van der Waals surface area contributed by atoms with Crippen LogP contribution in [0.3, 0.4) is 0 Å². The first-order valence-electron chi connectivity index (χ1n) is 8.01. The lowest BCUT2D eigenvalue weighted by atomic mass is 9.98. The number of nitrogens with two attached hydrogens (primary N) is 1. The zero-order valence-corrected chi connectivity index (χ0v) is 13.3. The molecule has 2 aliphatic heterocycles. The molecule has 0 radical (unpaired) electrons. The molecule has 0 aliphatic carbocycles. The third-order valence-corrected chi connectivity index (χ3v) is 4.87. The zero-order valence-electron chi connectivity index (χ0n) is 13.3. The Bertz CT molecular complexity index is 496. The molecule has 21 heavy (non-hydrogen) atoms. The molecule has 2 saturated heterocycles. The molecule has 0 bridgehead atoms. The first kappa shape index (κ1) is 14.9. The molecule has 5 heteroatoms. The van der Waals surface area contributed by atoms with E-state index in [1.807, 2.05) is 0 Å². The molecular formula is C16H26N4O. The minimum Gasteiger partial charge on any atom is -0.367 e. The molecule has 1 aromatic heterocycles. The van der Waals surface area contributed by atoms with E-state index in [1.54, 1.807) is 0 Å². The Morgan fingerprint density at radius 2 is 2.05 bits per heavy atom. The molecule has 2 aliphatic rings. The summed E-state index contributed by atoms with van der Waals surface area (Å²) in [7, 11) is 0. The van der Waals surface area contributed by atoms with Crippen LogP contribution in [-0.2, 0) is 4.74 Å². The maximum absolute atomic E-state index is 6.02. The Morgan fingerprint density at radius 1 is 1.33 bits per heavy atom. The number of hydrogen-bond acceptors (Lipinski definition) is 5. The molecule has 1 aromatic rings. The Hall–Kier alpha value is -1.04. The number of aromatic nitrogens is 2. The van der Waals surface area contributed by atoms with Crippen molar-refractivity contribution in [2.75, 3.05) is 26.2 Å². The van der Waals surface area contributed by atoms with Gasteiger partial charge in [0.25, 0.3) is 0 Å². The van der Waals surface area contributed by atoms with Gasteiger partial charge in [0.15, 0.2) is 5.82 Å². The number of aryl methyl sites for hydroxylation is 2. The van der Waals surface area contributed by atoms with E-state index in [-0.39, 0.29) is 6.10 Å². The van der Waals surface area contributed by atoms with E-state index in [1.165, 1.54) is 24.9 Å². The van der Waals surface area contributed by atoms with Gasteiger partial charge in [-0.05, 0) is 51.3 Å². The molecule has 0 amide bonds. The average Bonchev–Trinajstić information content (AvgIpc) is 2.93. The summed E-state index contributed by atoms with van der Waals surface area (Å²) in [5, 5.41) is 0. The SMILES string of the molecule is Cc1nc(C2CN3CCCC3CO2)nc(C)c1C(C)CN. The Kier molecular flexibility index (Phi) is 4.24. The lowest BCUT2D eigenvalue weighted by Crippen LogP contribution is -2.43. The highest BCUT2D eigenvalue weighted by Gasteiger charge is 2.34. The monoisotopic (exact) mass is 290 g/mol. The third-order valence-electron chi connectivity index (χ3n) is 4.87. The molecule has 3 heterocycles. The number of morpholine rings is 1. The number of nitrogens with zero attached hydrogens (tertiary/aromatic N) is 3. The summed E-state index contributed by atoms with van der Waals surface area (Å²) in [5.74, 6) is 1.14. The number of rotatable bonds is 3. The largest absolute Gasteiger partial charge is 0.367 e. The van der Waals surface area contributed by atoms with Crippen LogP contribution in [0.2, 0.25) is 0 Å². The first-order valence-corrected chi connectivity index (χ1v) is 8.01. The lowest BCUT2D eigenvalue weighted by molar-refractivity contribution is -0.0542. The molecular weight excluding hydrogens is 264 g/mol. The predicted molar refractivity (Wildman–Crippen MR) is 82.3 cm³/mol. The maximum atomic E-state index is 6.02. The van der Waals surface area contributed by atoms with Crippen molar-refractivity contribution in [1.29, 1.82) is 0 Å². The molecule has 3 atom stereocenters. The van der Waals surface area contributed by atoms with Crippen LogP contribution in [0.1, 0.15) is 54.6 Å². The highest BCUT2D eigenvalue weighted by molar-refractivity contribution is 5.28. The van der Waals surface area contributed by atoms with Crippen molar-refractivity contribution in [1.82, 2.24) is 14.9 Å². The molecule has 116 valence electrons. The van der Waals surface area contributed by atoms with E-state index in [2.05, 4.69) is 25.7 Å². The van der Waals surface area contributed by atoms with Gasteiger partial charge in [0.2, 0.25) is 0 Å². The van der Waals surface area contributed by atoms with E-state index >= 15 is 0 Å². The fraction of sp³-hybridized carbons (Fsp3) is 0.750. The minimum absolute atomic E-state index is 0.0129. The van der Waals surface area contributed by atoms with Crippen molar-refractivity contribution in [3.63, 3.8) is 0 Å². The smallest absolute Gasteiger partial charge is 0.158 e. The fourth-order valence-corrected chi connectivity index (χ4v) is 3.70. The highest BCUT2D eigenvalue weighted by atomic mass is 16.5. The average molecular weight is 290 g/mol. The van der Waals surface area contributed by atoms with Gasteiger partial charge in [-0.2, -0.15) is 0 Å². The molecule has 3 rings (SSSR count). The van der Waals surface area contributed by atoms with Crippen LogP contribution in [0.4, 0.5) is 0 Å². The van der Waals surface area contributed by atoms with Crippen LogP contribution in [0.5, 0.6) is 0 Å². The van der Waals surface area contributed by atoms with Crippen LogP contribution in [-0.4, -0.2) is 47.2 Å². The Morgan fingerprint density at radius 3 is 2.71 bits per heavy atom. The molecule has 0 spiro atoms. The van der Waals surface area contributed by atoms with E-state index in [0.717, 1.165) is 30.4 Å². The van der Waals surface area contributed by atoms with Crippen LogP contribution in [0.15, 0.2) is 0 Å². The summed E-state index contributed by atoms with van der Waals surface area (Å²) in [6.45, 7) is 9.79. The highest BCUT2D eigenvalue weighted by Crippen LogP contribution is 2.30. The fourth-order valence-electron chi connectivity index (χ4n) is 3.70. The summed E-state index contributed by atoms with van der Waals surface area (Å²) in [6, 6.07) is 0.611. The van der Waals surface area contributed by atoms with E-state index in [4.69, 9.17) is 20.4 Å². The topological polar surface area (TPSA) is 64.3 Å². The van der Waals surface area contributed by atoms with Gasteiger partial charge in [-0.3, -0.25) is 4.90 Å². The zero-order chi connectivity index (χ0) is 15.0. The van der Waals surface area contributed by atoms with Crippen molar-refractivity contribution in [2.45, 2.75) is 51.7 Å². The number of hydrogen-bond donors (Lipinski definition) is 1. The lowest BCUT2D eigenvalue weighted by Gasteiger charge is -2.34. The second kappa shape index (κ2) is 5.99. The van der Waals surface area contributed by atoms with Gasteiger partial charge in [-0.1, -0.05) is 6.92 Å². The van der Waals surface area contributed by atoms with Crippen molar-refractivity contribution >= 4 is 0 Å². The van der Waals surface area contributed by atoms with E-state index < -0.39 is 0 Å². The number of fused-ring (bicyclic) bond motifs is 1. The Balaban J connectivity index is 1.83. The third kappa shape index (κ3) is 2.82. The van der Waals surface area contributed by atoms with Gasteiger partial charge in [0, 0.05) is 24.0 Å². The Labute approximate surface area is 126 Å². The van der Waals surface area contributed by atoms with Crippen LogP contribution >= 0.6 is 0 Å². The van der Waals surface area contributed by atoms with Gasteiger partial charge in [-0.25, -0.2) is 9.97 Å². The summed E-state index contributed by atoms with van der Waals surface area (Å²) in [6.07, 6.45) is 2.56. The molecule has 0 aromatic carbocycles. The van der Waals surface area contributed by atoms with Gasteiger partial charge in [0.1, 0.15) is 6.10 Å². The van der Waals surface area contributed by atoms with Crippen LogP contribution in [0.25, 0.3) is 0 Å². The minimum atomic E-state index is 0.0129. The number of ether oxygens (including phenoxy) is 1. The molecule has 2 fully saturated rings. The van der Waals surface area contributed by atoms with Crippen molar-refractivity contribution in [3.8, 4) is 0 Å². The van der Waals surface area contributed by atoms with Crippen molar-refractivity contribution < 1.29 is 4.74 Å². The standard InChI is InChI=1S/C16H26N4O/c1-10(7-17)15-11(2)18-16(19-12(15)3)14-8-20-6-4-5-13(20)9-21-14/h10,13-14H,4-9,17H2,1-3H3. The van der Waals surface area contributed by atoms with Gasteiger partial charge in [-0.15, -0.1) is 0 Å². The van der Waals surface area contributed by atoms with Crippen molar-refractivity contribution in [3.05, 3.63) is 22.8 Å². The van der Waals surface area contributed by atoms with E-state index in [0.29, 0.717) is 18.5 Å². The van der Waals surface area contributed by atoms with Crippen LogP contribution < -0.4 is 5.73 Å². The predicted octanol–water partition coefficient (Wildman–Crippen LogP) is 1.69. The summed E-state index contributed by atoms with van der Waals surface area (Å²) in [4.78, 5) is 12.0. The molecule has 0 saturated carbocycles. The summed E-state index contributed by atoms with van der Waals surface area (Å²) >= 11 is 0. The maximum Gasteiger partial charge on any atom is 0.158 e. The normalized spacial score (nSPS) is 27.6. The van der Waals surface area contributed by atoms with Gasteiger partial charge < -0.3 is 10.5 Å². The molecule has 5 nitrogen and oxygen atoms in total. The van der Waals surface area contributed by atoms with Crippen LogP contribution in [0, 0.1) is 13.8 Å². The summed E-state index contributed by atoms with van der Waals surface area (Å²) < 4.78 is 6.02. The quantitative estimate of drug-likeness (QED) is 0.918. The van der Waals surface area contributed by atoms with Gasteiger partial charge >= 0.3 is 0 Å².